The molecule has 0 bridgehead atoms. The predicted molar refractivity (Wildman–Crippen MR) is 96.1 cm³/mol. The van der Waals surface area contributed by atoms with Gasteiger partial charge in [-0.1, -0.05) is 6.07 Å². The van der Waals surface area contributed by atoms with Crippen molar-refractivity contribution >= 4 is 24.2 Å². The van der Waals surface area contributed by atoms with Crippen molar-refractivity contribution in [3.63, 3.8) is 0 Å². The molecule has 0 aliphatic carbocycles. The molecule has 12 heteroatoms. The highest BCUT2D eigenvalue weighted by Gasteiger charge is 2.30. The lowest BCUT2D eigenvalue weighted by Crippen LogP contribution is -2.55. The topological polar surface area (TPSA) is 197 Å². The molecule has 0 aliphatic heterocycles. The number of nitrogens with zero attached hydrogens (tertiary/aromatic N) is 1. The largest absolute Gasteiger partial charge is 0.504 e. The summed E-state index contributed by atoms with van der Waals surface area (Å²) in [6.45, 7) is 1.03. The number of aliphatic hydroxyl groups excluding tert-OH is 1. The number of phenolic OH excluding ortho intramolecular Hbond substituents is 2. The Morgan fingerprint density at radius 3 is 2.41 bits per heavy atom. The van der Waals surface area contributed by atoms with Crippen LogP contribution in [0.25, 0.3) is 0 Å². The first-order valence-corrected chi connectivity index (χ1v) is 8.52. The van der Waals surface area contributed by atoms with Crippen LogP contribution in [0.3, 0.4) is 0 Å². The van der Waals surface area contributed by atoms with Gasteiger partial charge in [-0.05, 0) is 31.9 Å². The Kier molecular flexibility index (Phi) is 8.83. The number of para-hydroxylation sites is 1. The second-order valence-corrected chi connectivity index (χ2v) is 6.18. The van der Waals surface area contributed by atoms with Crippen molar-refractivity contribution in [2.45, 2.75) is 38.0 Å². The van der Waals surface area contributed by atoms with Gasteiger partial charge in [-0.3, -0.25) is 19.6 Å². The number of hydrogen-bond acceptors (Lipinski definition) is 8. The molecular weight excluding hydrogens is 390 g/mol. The van der Waals surface area contributed by atoms with E-state index in [9.17, 15) is 39.6 Å². The minimum Gasteiger partial charge on any atom is -0.504 e. The molecular formula is C17H23N3O9. The number of carboxylic acid groups (broad SMARTS) is 1. The van der Waals surface area contributed by atoms with Crippen LogP contribution in [0.15, 0.2) is 18.2 Å². The Labute approximate surface area is 165 Å². The van der Waals surface area contributed by atoms with Gasteiger partial charge in [0.1, 0.15) is 12.1 Å². The van der Waals surface area contributed by atoms with Crippen molar-refractivity contribution in [2.24, 2.45) is 0 Å². The molecule has 1 aromatic carbocycles. The zero-order valence-corrected chi connectivity index (χ0v) is 15.5. The highest BCUT2D eigenvalue weighted by atomic mass is 16.5. The Bertz CT molecular complexity index is 754. The smallest absolute Gasteiger partial charge is 0.326 e. The average Bonchev–Trinajstić information content (AvgIpc) is 2.66. The molecule has 0 aromatic heterocycles. The van der Waals surface area contributed by atoms with Crippen molar-refractivity contribution in [3.8, 4) is 11.5 Å². The number of hydroxylamine groups is 2. The van der Waals surface area contributed by atoms with Gasteiger partial charge in [-0.25, -0.2) is 9.86 Å². The summed E-state index contributed by atoms with van der Waals surface area (Å²) in [4.78, 5) is 46.3. The molecule has 7 N–H and O–H groups in total. The second kappa shape index (κ2) is 10.8. The normalized spacial score (nSPS) is 13.6. The van der Waals surface area contributed by atoms with Crippen LogP contribution in [0.4, 0.5) is 0 Å². The highest BCUT2D eigenvalue weighted by molar-refractivity contribution is 6.00. The molecule has 0 saturated carbocycles. The van der Waals surface area contributed by atoms with Crippen molar-refractivity contribution in [1.82, 2.24) is 15.7 Å². The van der Waals surface area contributed by atoms with E-state index in [1.165, 1.54) is 19.1 Å². The van der Waals surface area contributed by atoms with Gasteiger partial charge in [-0.15, -0.1) is 0 Å². The summed E-state index contributed by atoms with van der Waals surface area (Å²) in [5, 5.41) is 51.9. The van der Waals surface area contributed by atoms with E-state index in [2.05, 4.69) is 10.6 Å². The van der Waals surface area contributed by atoms with Gasteiger partial charge in [-0.2, -0.15) is 0 Å². The molecule has 1 aromatic rings. The summed E-state index contributed by atoms with van der Waals surface area (Å²) in [6, 6.07) is 0.631. The van der Waals surface area contributed by atoms with Crippen molar-refractivity contribution in [1.29, 1.82) is 0 Å². The summed E-state index contributed by atoms with van der Waals surface area (Å²) in [6.07, 6.45) is -1.37. The van der Waals surface area contributed by atoms with Crippen molar-refractivity contribution in [2.75, 3.05) is 6.54 Å². The van der Waals surface area contributed by atoms with Crippen LogP contribution >= 0.6 is 0 Å². The third-order valence-corrected chi connectivity index (χ3v) is 3.93. The zero-order chi connectivity index (χ0) is 22.1. The number of carboxylic acids is 1. The predicted octanol–water partition coefficient (Wildman–Crippen LogP) is -1.23. The van der Waals surface area contributed by atoms with Gasteiger partial charge >= 0.3 is 5.97 Å². The quantitative estimate of drug-likeness (QED) is 0.101. The number of aliphatic carboxylic acids is 1. The van der Waals surface area contributed by atoms with E-state index in [4.69, 9.17) is 5.21 Å². The van der Waals surface area contributed by atoms with Crippen LogP contribution in [0.2, 0.25) is 0 Å². The number of hydrogen-bond donors (Lipinski definition) is 7. The van der Waals surface area contributed by atoms with E-state index in [0.29, 0.717) is 5.06 Å². The number of carbonyl (C=O) groups excluding carboxylic acids is 3. The Balaban J connectivity index is 2.84. The Morgan fingerprint density at radius 2 is 1.86 bits per heavy atom. The fourth-order valence-electron chi connectivity index (χ4n) is 2.37. The summed E-state index contributed by atoms with van der Waals surface area (Å²) in [5.74, 6) is -4.66. The lowest BCUT2D eigenvalue weighted by Gasteiger charge is -2.23. The summed E-state index contributed by atoms with van der Waals surface area (Å²) < 4.78 is 0. The molecule has 29 heavy (non-hydrogen) atoms. The van der Waals surface area contributed by atoms with Crippen LogP contribution in [0, 0.1) is 0 Å². The molecule has 1 rings (SSSR count). The fourth-order valence-corrected chi connectivity index (χ4v) is 2.37. The van der Waals surface area contributed by atoms with Gasteiger partial charge in [0, 0.05) is 6.54 Å². The molecule has 3 amide bonds. The Hall–Kier alpha value is -3.38. The lowest BCUT2D eigenvalue weighted by molar-refractivity contribution is -0.150. The van der Waals surface area contributed by atoms with Gasteiger partial charge in [0.15, 0.2) is 11.5 Å². The maximum atomic E-state index is 12.4. The Morgan fingerprint density at radius 1 is 1.21 bits per heavy atom. The number of aliphatic hydroxyl groups is 1. The average molecular weight is 413 g/mol. The van der Waals surface area contributed by atoms with E-state index in [1.54, 1.807) is 0 Å². The second-order valence-electron chi connectivity index (χ2n) is 6.18. The van der Waals surface area contributed by atoms with Gasteiger partial charge in [0.2, 0.25) is 12.3 Å². The number of amides is 3. The fraction of sp³-hybridized carbons (Fsp3) is 0.412. The molecule has 3 atom stereocenters. The van der Waals surface area contributed by atoms with E-state index < -0.39 is 47.5 Å². The van der Waals surface area contributed by atoms with E-state index in [1.807, 2.05) is 0 Å². The summed E-state index contributed by atoms with van der Waals surface area (Å²) >= 11 is 0. The molecule has 0 heterocycles. The molecule has 0 spiro atoms. The first-order chi connectivity index (χ1) is 13.6. The highest BCUT2D eigenvalue weighted by Crippen LogP contribution is 2.28. The zero-order valence-electron chi connectivity index (χ0n) is 15.5. The van der Waals surface area contributed by atoms with E-state index in [-0.39, 0.29) is 31.4 Å². The number of rotatable bonds is 11. The monoisotopic (exact) mass is 413 g/mol. The van der Waals surface area contributed by atoms with Gasteiger partial charge < -0.3 is 31.1 Å². The lowest BCUT2D eigenvalue weighted by atomic mass is 10.1. The van der Waals surface area contributed by atoms with Gasteiger partial charge in [0.25, 0.3) is 5.91 Å². The number of nitrogens with one attached hydrogen (secondary N) is 2. The first kappa shape index (κ1) is 23.7. The van der Waals surface area contributed by atoms with E-state index in [0.717, 1.165) is 6.07 Å². The minimum absolute atomic E-state index is 0.0509. The van der Waals surface area contributed by atoms with Crippen molar-refractivity contribution in [3.05, 3.63) is 23.8 Å². The number of carbonyl (C=O) groups is 4. The van der Waals surface area contributed by atoms with Crippen LogP contribution in [0.1, 0.15) is 30.1 Å². The van der Waals surface area contributed by atoms with Crippen molar-refractivity contribution < 1.29 is 44.8 Å². The maximum Gasteiger partial charge on any atom is 0.326 e. The minimum atomic E-state index is -1.56. The molecule has 160 valence electrons. The van der Waals surface area contributed by atoms with E-state index >= 15 is 0 Å². The molecule has 0 aliphatic rings. The third-order valence-electron chi connectivity index (χ3n) is 3.93. The summed E-state index contributed by atoms with van der Waals surface area (Å²) in [7, 11) is 0. The molecule has 0 unspecified atom stereocenters. The molecule has 0 fully saturated rings. The van der Waals surface area contributed by atoms with Gasteiger partial charge in [0.05, 0.1) is 11.7 Å². The number of benzene rings is 1. The van der Waals surface area contributed by atoms with Crippen LogP contribution in [-0.2, 0) is 14.4 Å². The van der Waals surface area contributed by atoms with Crippen LogP contribution in [-0.4, -0.2) is 79.6 Å². The standard InChI is InChI=1S/C17H23N3O9/c1-9(22)13(19-15(25)10-4-2-6-12(23)14(10)24)16(26)18-11(17(27)28)5-3-7-20(29)8-21/h2,4,6,8-9,11,13,22-24,29H,3,5,7H2,1H3,(H,18,26)(H,19,25)(H,27,28)/t9-,11-,13-/m0/s1. The maximum absolute atomic E-state index is 12.4. The summed E-state index contributed by atoms with van der Waals surface area (Å²) in [5.41, 5.74) is -0.352. The number of aromatic hydroxyl groups is 2. The first-order valence-electron chi connectivity index (χ1n) is 8.52. The SMILES string of the molecule is C[C@H](O)[C@H](NC(=O)c1cccc(O)c1O)C(=O)N[C@@H](CCCN(O)C=O)C(=O)O. The van der Waals surface area contributed by atoms with Crippen LogP contribution < -0.4 is 10.6 Å². The third kappa shape index (κ3) is 6.93. The molecule has 0 saturated heterocycles. The number of phenols is 2. The molecule has 12 nitrogen and oxygen atoms in total. The van der Waals surface area contributed by atoms with Crippen LogP contribution in [0.5, 0.6) is 11.5 Å². The molecule has 0 radical (unpaired) electrons.